The molecule has 0 radical (unpaired) electrons. The highest BCUT2D eigenvalue weighted by Crippen LogP contribution is 2.09. The Morgan fingerprint density at radius 3 is 2.57 bits per heavy atom. The second-order valence-electron chi connectivity index (χ2n) is 3.45. The van der Waals surface area contributed by atoms with Gasteiger partial charge in [0.25, 0.3) is 0 Å². The van der Waals surface area contributed by atoms with E-state index in [1.807, 2.05) is 0 Å². The van der Waals surface area contributed by atoms with Gasteiger partial charge in [-0.15, -0.1) is 0 Å². The molecule has 0 saturated heterocycles. The predicted octanol–water partition coefficient (Wildman–Crippen LogP) is 3.46. The Bertz CT molecular complexity index is 173. The molecule has 2 nitrogen and oxygen atoms in total. The summed E-state index contributed by atoms with van der Waals surface area (Å²) >= 11 is 0. The van der Waals surface area contributed by atoms with Gasteiger partial charge in [-0.3, -0.25) is 4.79 Å². The molecule has 0 aromatic heterocycles. The van der Waals surface area contributed by atoms with Crippen LogP contribution in [0.25, 0.3) is 0 Å². The van der Waals surface area contributed by atoms with Crippen molar-refractivity contribution in [2.75, 3.05) is 0 Å². The van der Waals surface area contributed by atoms with Gasteiger partial charge in [0.2, 0.25) is 0 Å². The minimum Gasteiger partial charge on any atom is -0.463 e. The van der Waals surface area contributed by atoms with Crippen molar-refractivity contribution in [3.05, 3.63) is 12.2 Å². The molecular formula is C12H22O2. The van der Waals surface area contributed by atoms with Crippen LogP contribution in [0, 0.1) is 0 Å². The van der Waals surface area contributed by atoms with Crippen molar-refractivity contribution in [2.45, 2.75) is 59.0 Å². The summed E-state index contributed by atoms with van der Waals surface area (Å²) in [5, 5.41) is 0. The average molecular weight is 198 g/mol. The highest BCUT2D eigenvalue weighted by molar-refractivity contribution is 5.66. The molecule has 0 amide bonds. The summed E-state index contributed by atoms with van der Waals surface area (Å²) < 4.78 is 5.14. The van der Waals surface area contributed by atoms with Gasteiger partial charge in [-0.05, 0) is 32.1 Å². The minimum atomic E-state index is -0.166. The maximum atomic E-state index is 10.7. The van der Waals surface area contributed by atoms with E-state index >= 15 is 0 Å². The number of unbranched alkanes of at least 4 members (excludes halogenated alkanes) is 1. The van der Waals surface area contributed by atoms with E-state index in [-0.39, 0.29) is 12.1 Å². The van der Waals surface area contributed by atoms with Crippen LogP contribution in [0.2, 0.25) is 0 Å². The van der Waals surface area contributed by atoms with Crippen LogP contribution in [-0.4, -0.2) is 12.1 Å². The molecule has 0 aromatic rings. The zero-order valence-corrected chi connectivity index (χ0v) is 9.58. The van der Waals surface area contributed by atoms with Gasteiger partial charge in [-0.2, -0.15) is 0 Å². The van der Waals surface area contributed by atoms with Crippen molar-refractivity contribution in [3.63, 3.8) is 0 Å². The number of hydrogen-bond acceptors (Lipinski definition) is 2. The summed E-state index contributed by atoms with van der Waals surface area (Å²) in [6.45, 7) is 5.65. The van der Waals surface area contributed by atoms with Crippen LogP contribution in [0.3, 0.4) is 0 Å². The smallest absolute Gasteiger partial charge is 0.302 e. The Morgan fingerprint density at radius 1 is 1.36 bits per heavy atom. The fourth-order valence-corrected chi connectivity index (χ4v) is 1.33. The average Bonchev–Trinajstić information content (AvgIpc) is 2.15. The molecule has 0 saturated carbocycles. The maximum Gasteiger partial charge on any atom is 0.302 e. The zero-order chi connectivity index (χ0) is 10.8. The van der Waals surface area contributed by atoms with Crippen LogP contribution in [0.15, 0.2) is 12.2 Å². The van der Waals surface area contributed by atoms with E-state index in [1.54, 1.807) is 0 Å². The molecule has 14 heavy (non-hydrogen) atoms. The van der Waals surface area contributed by atoms with Crippen molar-refractivity contribution in [1.82, 2.24) is 0 Å². The summed E-state index contributed by atoms with van der Waals surface area (Å²) in [5.41, 5.74) is 0. The number of carbonyl (C=O) groups excluding carboxylic acids is 1. The number of allylic oxidation sites excluding steroid dienone is 2. The zero-order valence-electron chi connectivity index (χ0n) is 9.58. The molecular weight excluding hydrogens is 176 g/mol. The summed E-state index contributed by atoms with van der Waals surface area (Å²) in [7, 11) is 0. The Hall–Kier alpha value is -0.790. The van der Waals surface area contributed by atoms with Gasteiger partial charge in [-0.1, -0.05) is 26.0 Å². The van der Waals surface area contributed by atoms with Crippen LogP contribution in [0.4, 0.5) is 0 Å². The van der Waals surface area contributed by atoms with Crippen LogP contribution >= 0.6 is 0 Å². The third kappa shape index (κ3) is 7.84. The summed E-state index contributed by atoms with van der Waals surface area (Å²) in [6, 6.07) is 0. The molecule has 0 fully saturated rings. The molecule has 0 aliphatic heterocycles. The van der Waals surface area contributed by atoms with Gasteiger partial charge in [-0.25, -0.2) is 0 Å². The number of carbonyl (C=O) groups is 1. The largest absolute Gasteiger partial charge is 0.463 e. The van der Waals surface area contributed by atoms with Crippen LogP contribution in [0.1, 0.15) is 52.9 Å². The second kappa shape index (κ2) is 8.79. The molecule has 0 aromatic carbocycles. The van der Waals surface area contributed by atoms with Crippen LogP contribution < -0.4 is 0 Å². The Morgan fingerprint density at radius 2 is 2.07 bits per heavy atom. The molecule has 0 heterocycles. The van der Waals surface area contributed by atoms with Gasteiger partial charge in [0, 0.05) is 6.92 Å². The molecule has 0 rings (SSSR count). The third-order valence-electron chi connectivity index (χ3n) is 2.09. The molecule has 0 bridgehead atoms. The predicted molar refractivity (Wildman–Crippen MR) is 59.1 cm³/mol. The molecule has 0 spiro atoms. The van der Waals surface area contributed by atoms with Crippen molar-refractivity contribution < 1.29 is 9.53 Å². The van der Waals surface area contributed by atoms with E-state index < -0.39 is 0 Å². The first-order chi connectivity index (χ1) is 6.70. The van der Waals surface area contributed by atoms with Gasteiger partial charge in [0.05, 0.1) is 0 Å². The lowest BCUT2D eigenvalue weighted by atomic mass is 10.1. The highest BCUT2D eigenvalue weighted by atomic mass is 16.5. The van der Waals surface area contributed by atoms with Gasteiger partial charge in [0.1, 0.15) is 6.10 Å². The molecule has 0 aliphatic rings. The molecule has 1 unspecified atom stereocenters. The number of ether oxygens (including phenoxy) is 1. The van der Waals surface area contributed by atoms with Crippen molar-refractivity contribution in [3.8, 4) is 0 Å². The van der Waals surface area contributed by atoms with Crippen molar-refractivity contribution in [1.29, 1.82) is 0 Å². The molecule has 0 N–H and O–H groups in total. The van der Waals surface area contributed by atoms with Crippen molar-refractivity contribution >= 4 is 5.97 Å². The van der Waals surface area contributed by atoms with E-state index in [9.17, 15) is 4.79 Å². The lowest BCUT2D eigenvalue weighted by molar-refractivity contribution is -0.146. The molecule has 82 valence electrons. The van der Waals surface area contributed by atoms with E-state index in [0.717, 1.165) is 32.1 Å². The molecule has 2 heteroatoms. The Labute approximate surface area is 87.3 Å². The first-order valence-corrected chi connectivity index (χ1v) is 5.52. The van der Waals surface area contributed by atoms with Crippen LogP contribution in [0.5, 0.6) is 0 Å². The number of rotatable bonds is 7. The van der Waals surface area contributed by atoms with Crippen LogP contribution in [-0.2, 0) is 9.53 Å². The first kappa shape index (κ1) is 13.2. The lowest BCUT2D eigenvalue weighted by Crippen LogP contribution is -2.14. The standard InChI is InChI=1S/C12H22O2/c1-4-6-7-8-9-10-12(5-2)14-11(3)13/h6-7,12H,4-5,8-10H2,1-3H3. The van der Waals surface area contributed by atoms with E-state index in [4.69, 9.17) is 4.74 Å². The molecule has 0 aliphatic carbocycles. The fraction of sp³-hybridized carbons (Fsp3) is 0.750. The quantitative estimate of drug-likeness (QED) is 0.356. The van der Waals surface area contributed by atoms with Gasteiger partial charge < -0.3 is 4.74 Å². The normalized spacial score (nSPS) is 13.1. The summed E-state index contributed by atoms with van der Waals surface area (Å²) in [6.07, 6.45) is 9.66. The minimum absolute atomic E-state index is 0.113. The SMILES string of the molecule is CCC=CCCCC(CC)OC(C)=O. The van der Waals surface area contributed by atoms with E-state index in [1.165, 1.54) is 6.92 Å². The maximum absolute atomic E-state index is 10.7. The summed E-state index contributed by atoms with van der Waals surface area (Å²) in [4.78, 5) is 10.7. The van der Waals surface area contributed by atoms with Crippen molar-refractivity contribution in [2.24, 2.45) is 0 Å². The van der Waals surface area contributed by atoms with Gasteiger partial charge >= 0.3 is 5.97 Å². The topological polar surface area (TPSA) is 26.3 Å². The number of esters is 1. The fourth-order valence-electron chi connectivity index (χ4n) is 1.33. The second-order valence-corrected chi connectivity index (χ2v) is 3.45. The number of hydrogen-bond donors (Lipinski definition) is 0. The monoisotopic (exact) mass is 198 g/mol. The van der Waals surface area contributed by atoms with Gasteiger partial charge in [0.15, 0.2) is 0 Å². The third-order valence-corrected chi connectivity index (χ3v) is 2.09. The Balaban J connectivity index is 3.52. The lowest BCUT2D eigenvalue weighted by Gasteiger charge is -2.13. The summed E-state index contributed by atoms with van der Waals surface area (Å²) in [5.74, 6) is -0.166. The highest BCUT2D eigenvalue weighted by Gasteiger charge is 2.07. The molecule has 1 atom stereocenters. The van der Waals surface area contributed by atoms with E-state index in [0.29, 0.717) is 0 Å². The van der Waals surface area contributed by atoms with E-state index in [2.05, 4.69) is 26.0 Å². The Kier molecular flexibility index (Phi) is 8.30. The first-order valence-electron chi connectivity index (χ1n) is 5.52.